The number of ether oxygens (including phenoxy) is 1. The number of benzene rings is 1. The summed E-state index contributed by atoms with van der Waals surface area (Å²) in [6.07, 6.45) is 0.541. The first-order valence-corrected chi connectivity index (χ1v) is 7.43. The summed E-state index contributed by atoms with van der Waals surface area (Å²) in [5.74, 6) is -1.02. The number of hydrogen-bond acceptors (Lipinski definition) is 3. The lowest BCUT2D eigenvalue weighted by Gasteiger charge is -2.33. The Bertz CT molecular complexity index is 529. The van der Waals surface area contributed by atoms with Crippen LogP contribution in [0.2, 0.25) is 0 Å². The van der Waals surface area contributed by atoms with E-state index in [1.54, 1.807) is 0 Å². The Hall–Kier alpha value is -1.60. The fourth-order valence-corrected chi connectivity index (χ4v) is 2.65. The average Bonchev–Trinajstić information content (AvgIpc) is 2.46. The van der Waals surface area contributed by atoms with Crippen LogP contribution in [0.3, 0.4) is 0 Å². The number of carbonyl (C=O) groups excluding carboxylic acids is 1. The van der Waals surface area contributed by atoms with E-state index in [-0.39, 0.29) is 12.8 Å². The van der Waals surface area contributed by atoms with Gasteiger partial charge in [-0.15, -0.1) is 0 Å². The molecule has 3 N–H and O–H groups in total. The van der Waals surface area contributed by atoms with E-state index in [2.05, 4.69) is 26.6 Å². The molecule has 0 saturated carbocycles. The first-order chi connectivity index (χ1) is 10.0. The van der Waals surface area contributed by atoms with Crippen molar-refractivity contribution in [1.82, 2.24) is 10.6 Å². The molecule has 2 rings (SSSR count). The van der Waals surface area contributed by atoms with Crippen LogP contribution in [0.4, 0.5) is 4.79 Å². The highest BCUT2D eigenvalue weighted by Gasteiger charge is 2.41. The fraction of sp³-hybridized carbons (Fsp3) is 0.429. The number of carboxylic acids is 1. The minimum atomic E-state index is -1.24. The molecule has 21 heavy (non-hydrogen) atoms. The lowest BCUT2D eigenvalue weighted by Crippen LogP contribution is -2.59. The minimum absolute atomic E-state index is 0.270. The van der Waals surface area contributed by atoms with Gasteiger partial charge in [-0.2, -0.15) is 0 Å². The molecule has 1 aliphatic heterocycles. The predicted octanol–water partition coefficient (Wildman–Crippen LogP) is 1.88. The van der Waals surface area contributed by atoms with Gasteiger partial charge in [0.15, 0.2) is 0 Å². The molecule has 1 aromatic rings. The van der Waals surface area contributed by atoms with Gasteiger partial charge in [0.05, 0.1) is 0 Å². The van der Waals surface area contributed by atoms with E-state index < -0.39 is 17.5 Å². The fourth-order valence-electron chi connectivity index (χ4n) is 2.20. The smallest absolute Gasteiger partial charge is 0.329 e. The van der Waals surface area contributed by atoms with Crippen molar-refractivity contribution in [1.29, 1.82) is 0 Å². The van der Waals surface area contributed by atoms with Crippen LogP contribution in [0.5, 0.6) is 0 Å². The van der Waals surface area contributed by atoms with Gasteiger partial charge < -0.3 is 20.5 Å². The SMILES string of the molecule is O=C(NCc1cccc(Br)c1)NC1(C(=O)O)CCOCC1. The molecule has 2 amide bonds. The first kappa shape index (κ1) is 15.8. The molecule has 1 aromatic carbocycles. The van der Waals surface area contributed by atoms with E-state index in [0.717, 1.165) is 10.0 Å². The highest BCUT2D eigenvalue weighted by molar-refractivity contribution is 9.10. The number of amides is 2. The maximum Gasteiger partial charge on any atom is 0.329 e. The summed E-state index contributed by atoms with van der Waals surface area (Å²) in [5, 5.41) is 14.6. The zero-order chi connectivity index (χ0) is 15.3. The monoisotopic (exact) mass is 356 g/mol. The number of carbonyl (C=O) groups is 2. The maximum absolute atomic E-state index is 11.9. The molecule has 0 radical (unpaired) electrons. The number of hydrogen-bond donors (Lipinski definition) is 3. The van der Waals surface area contributed by atoms with Crippen LogP contribution < -0.4 is 10.6 Å². The standard InChI is InChI=1S/C14H17BrN2O4/c15-11-3-1-2-10(8-11)9-16-13(20)17-14(12(18)19)4-6-21-7-5-14/h1-3,8H,4-7,9H2,(H,18,19)(H2,16,17,20). The van der Waals surface area contributed by atoms with Gasteiger partial charge in [-0.25, -0.2) is 9.59 Å². The number of halogens is 1. The molecule has 0 aromatic heterocycles. The van der Waals surface area contributed by atoms with Gasteiger partial charge in [0.2, 0.25) is 0 Å². The quantitative estimate of drug-likeness (QED) is 0.768. The number of nitrogens with one attached hydrogen (secondary N) is 2. The van der Waals surface area contributed by atoms with E-state index in [4.69, 9.17) is 4.74 Å². The molecule has 1 saturated heterocycles. The second-order valence-corrected chi connectivity index (χ2v) is 5.85. The Balaban J connectivity index is 1.92. The zero-order valence-electron chi connectivity index (χ0n) is 11.4. The molecule has 6 nitrogen and oxygen atoms in total. The summed E-state index contributed by atoms with van der Waals surface area (Å²) in [6.45, 7) is 0.994. The van der Waals surface area contributed by atoms with Crippen molar-refractivity contribution < 1.29 is 19.4 Å². The molecular formula is C14H17BrN2O4. The summed E-state index contributed by atoms with van der Waals surface area (Å²) < 4.78 is 6.08. The molecule has 1 heterocycles. The van der Waals surface area contributed by atoms with Gasteiger partial charge in [-0.3, -0.25) is 0 Å². The Labute approximate surface area is 131 Å². The molecule has 0 bridgehead atoms. The largest absolute Gasteiger partial charge is 0.480 e. The van der Waals surface area contributed by atoms with Gasteiger partial charge in [-0.05, 0) is 17.7 Å². The maximum atomic E-state index is 11.9. The van der Waals surface area contributed by atoms with Crippen molar-refractivity contribution in [3.05, 3.63) is 34.3 Å². The molecule has 0 unspecified atom stereocenters. The van der Waals surface area contributed by atoms with Crippen molar-refractivity contribution in [3.8, 4) is 0 Å². The molecule has 0 atom stereocenters. The van der Waals surface area contributed by atoms with Crippen molar-refractivity contribution in [2.75, 3.05) is 13.2 Å². The summed E-state index contributed by atoms with van der Waals surface area (Å²) in [5.41, 5.74) is -0.310. The summed E-state index contributed by atoms with van der Waals surface area (Å²) >= 11 is 3.36. The van der Waals surface area contributed by atoms with Crippen molar-refractivity contribution in [3.63, 3.8) is 0 Å². The van der Waals surface area contributed by atoms with E-state index in [9.17, 15) is 14.7 Å². The van der Waals surface area contributed by atoms with Crippen LogP contribution in [-0.4, -0.2) is 35.9 Å². The number of urea groups is 1. The lowest BCUT2D eigenvalue weighted by atomic mass is 9.90. The Morgan fingerprint density at radius 1 is 1.33 bits per heavy atom. The Morgan fingerprint density at radius 3 is 2.67 bits per heavy atom. The highest BCUT2D eigenvalue weighted by Crippen LogP contribution is 2.21. The Morgan fingerprint density at radius 2 is 2.05 bits per heavy atom. The Kier molecular flexibility index (Phi) is 5.19. The molecular weight excluding hydrogens is 340 g/mol. The van der Waals surface area contributed by atoms with Gasteiger partial charge in [-0.1, -0.05) is 28.1 Å². The van der Waals surface area contributed by atoms with E-state index >= 15 is 0 Å². The molecule has 0 spiro atoms. The molecule has 114 valence electrons. The van der Waals surface area contributed by atoms with E-state index in [1.807, 2.05) is 24.3 Å². The van der Waals surface area contributed by atoms with Crippen LogP contribution in [-0.2, 0) is 16.1 Å². The van der Waals surface area contributed by atoms with Crippen molar-refractivity contribution in [2.45, 2.75) is 24.9 Å². The van der Waals surface area contributed by atoms with Gasteiger partial charge >= 0.3 is 12.0 Å². The highest BCUT2D eigenvalue weighted by atomic mass is 79.9. The van der Waals surface area contributed by atoms with E-state index in [0.29, 0.717) is 19.8 Å². The third-order valence-corrected chi connectivity index (χ3v) is 3.94. The summed E-state index contributed by atoms with van der Waals surface area (Å²) in [6, 6.07) is 7.05. The zero-order valence-corrected chi connectivity index (χ0v) is 13.0. The first-order valence-electron chi connectivity index (χ1n) is 6.63. The molecule has 7 heteroatoms. The van der Waals surface area contributed by atoms with Crippen molar-refractivity contribution in [2.24, 2.45) is 0 Å². The minimum Gasteiger partial charge on any atom is -0.480 e. The van der Waals surface area contributed by atoms with Crippen LogP contribution in [0.1, 0.15) is 18.4 Å². The normalized spacial score (nSPS) is 17.0. The number of carboxylic acid groups (broad SMARTS) is 1. The third-order valence-electron chi connectivity index (χ3n) is 3.45. The lowest BCUT2D eigenvalue weighted by molar-refractivity contribution is -0.148. The molecule has 1 fully saturated rings. The summed E-state index contributed by atoms with van der Waals surface area (Å²) in [7, 11) is 0. The van der Waals surface area contributed by atoms with Gasteiger partial charge in [0, 0.05) is 37.1 Å². The van der Waals surface area contributed by atoms with Crippen LogP contribution in [0.25, 0.3) is 0 Å². The van der Waals surface area contributed by atoms with E-state index in [1.165, 1.54) is 0 Å². The second-order valence-electron chi connectivity index (χ2n) is 4.94. The number of aliphatic carboxylic acids is 1. The van der Waals surface area contributed by atoms with Gasteiger partial charge in [0.1, 0.15) is 5.54 Å². The third kappa shape index (κ3) is 4.18. The van der Waals surface area contributed by atoms with Crippen molar-refractivity contribution >= 4 is 27.9 Å². The second kappa shape index (κ2) is 6.91. The predicted molar refractivity (Wildman–Crippen MR) is 79.9 cm³/mol. The summed E-state index contributed by atoms with van der Waals surface area (Å²) in [4.78, 5) is 23.4. The topological polar surface area (TPSA) is 87.7 Å². The number of rotatable bonds is 4. The average molecular weight is 357 g/mol. The van der Waals surface area contributed by atoms with Crippen LogP contribution >= 0.6 is 15.9 Å². The van der Waals surface area contributed by atoms with Crippen LogP contribution in [0, 0.1) is 0 Å². The molecule has 1 aliphatic rings. The van der Waals surface area contributed by atoms with Crippen LogP contribution in [0.15, 0.2) is 28.7 Å². The molecule has 0 aliphatic carbocycles. The van der Waals surface area contributed by atoms with Gasteiger partial charge in [0.25, 0.3) is 0 Å².